The van der Waals surface area contributed by atoms with Crippen molar-refractivity contribution in [3.63, 3.8) is 0 Å². The Morgan fingerprint density at radius 3 is 2.40 bits per heavy atom. The SMILES string of the molecule is CC(C)C(=O)NCC(c1ccco1)N1CCN(c2ccccc2)CC1. The van der Waals surface area contributed by atoms with Crippen molar-refractivity contribution >= 4 is 11.6 Å². The van der Waals surface area contributed by atoms with E-state index < -0.39 is 0 Å². The summed E-state index contributed by atoms with van der Waals surface area (Å²) in [6.07, 6.45) is 1.70. The normalized spacial score (nSPS) is 16.8. The number of nitrogens with one attached hydrogen (secondary N) is 1. The van der Waals surface area contributed by atoms with Crippen LogP contribution in [0.15, 0.2) is 53.1 Å². The second kappa shape index (κ2) is 8.21. The molecule has 134 valence electrons. The summed E-state index contributed by atoms with van der Waals surface area (Å²) < 4.78 is 5.65. The van der Waals surface area contributed by atoms with Crippen LogP contribution in [0.1, 0.15) is 25.6 Å². The molecule has 1 aliphatic heterocycles. The van der Waals surface area contributed by atoms with E-state index in [0.717, 1.165) is 31.9 Å². The molecular formula is C20H27N3O2. The number of amides is 1. The Bertz CT molecular complexity index is 647. The lowest BCUT2D eigenvalue weighted by molar-refractivity contribution is -0.124. The average molecular weight is 341 g/mol. The number of hydrogen-bond donors (Lipinski definition) is 1. The van der Waals surface area contributed by atoms with E-state index in [9.17, 15) is 4.79 Å². The third-order valence-electron chi connectivity index (χ3n) is 4.74. The van der Waals surface area contributed by atoms with Gasteiger partial charge >= 0.3 is 0 Å². The maximum atomic E-state index is 12.0. The maximum absolute atomic E-state index is 12.0. The van der Waals surface area contributed by atoms with Gasteiger partial charge in [0.1, 0.15) is 5.76 Å². The molecule has 5 nitrogen and oxygen atoms in total. The number of nitrogens with zero attached hydrogens (tertiary/aromatic N) is 2. The van der Waals surface area contributed by atoms with Crippen molar-refractivity contribution in [3.05, 3.63) is 54.5 Å². The number of furan rings is 1. The first-order chi connectivity index (χ1) is 12.1. The summed E-state index contributed by atoms with van der Waals surface area (Å²) >= 11 is 0. The molecule has 1 aliphatic rings. The minimum atomic E-state index is -0.00724. The van der Waals surface area contributed by atoms with Gasteiger partial charge in [0.25, 0.3) is 0 Å². The van der Waals surface area contributed by atoms with Crippen molar-refractivity contribution in [2.75, 3.05) is 37.6 Å². The van der Waals surface area contributed by atoms with E-state index in [-0.39, 0.29) is 17.9 Å². The van der Waals surface area contributed by atoms with E-state index >= 15 is 0 Å². The highest BCUT2D eigenvalue weighted by atomic mass is 16.3. The monoisotopic (exact) mass is 341 g/mol. The molecule has 1 N–H and O–H groups in total. The summed E-state index contributed by atoms with van der Waals surface area (Å²) in [6, 6.07) is 14.5. The quantitative estimate of drug-likeness (QED) is 0.878. The Morgan fingerprint density at radius 2 is 1.80 bits per heavy atom. The Balaban J connectivity index is 1.63. The molecule has 1 aromatic heterocycles. The van der Waals surface area contributed by atoms with Crippen LogP contribution in [-0.2, 0) is 4.79 Å². The molecular weight excluding hydrogens is 314 g/mol. The minimum absolute atomic E-state index is 0.00724. The third kappa shape index (κ3) is 4.42. The summed E-state index contributed by atoms with van der Waals surface area (Å²) in [6.45, 7) is 8.23. The van der Waals surface area contributed by atoms with Crippen molar-refractivity contribution in [1.29, 1.82) is 0 Å². The molecule has 1 saturated heterocycles. The second-order valence-corrected chi connectivity index (χ2v) is 6.79. The average Bonchev–Trinajstić information content (AvgIpc) is 3.17. The van der Waals surface area contributed by atoms with Crippen LogP contribution in [-0.4, -0.2) is 43.5 Å². The van der Waals surface area contributed by atoms with Gasteiger partial charge in [0.2, 0.25) is 5.91 Å². The van der Waals surface area contributed by atoms with Crippen molar-refractivity contribution in [2.45, 2.75) is 19.9 Å². The van der Waals surface area contributed by atoms with Gasteiger partial charge in [-0.15, -0.1) is 0 Å². The predicted octanol–water partition coefficient (Wildman–Crippen LogP) is 2.92. The molecule has 0 aliphatic carbocycles. The van der Waals surface area contributed by atoms with Crippen molar-refractivity contribution < 1.29 is 9.21 Å². The van der Waals surface area contributed by atoms with E-state index in [0.29, 0.717) is 6.54 Å². The molecule has 1 atom stereocenters. The molecule has 1 fully saturated rings. The molecule has 2 aromatic rings. The van der Waals surface area contributed by atoms with Gasteiger partial charge in [-0.05, 0) is 24.3 Å². The van der Waals surface area contributed by atoms with E-state index in [2.05, 4.69) is 39.4 Å². The third-order valence-corrected chi connectivity index (χ3v) is 4.74. The molecule has 25 heavy (non-hydrogen) atoms. The van der Waals surface area contributed by atoms with Crippen molar-refractivity contribution in [2.24, 2.45) is 5.92 Å². The topological polar surface area (TPSA) is 48.7 Å². The number of anilines is 1. The molecule has 1 aromatic carbocycles. The second-order valence-electron chi connectivity index (χ2n) is 6.79. The number of para-hydroxylation sites is 1. The van der Waals surface area contributed by atoms with Gasteiger partial charge in [-0.25, -0.2) is 0 Å². The van der Waals surface area contributed by atoms with Crippen LogP contribution in [0.4, 0.5) is 5.69 Å². The summed E-state index contributed by atoms with van der Waals surface area (Å²) in [7, 11) is 0. The fraction of sp³-hybridized carbons (Fsp3) is 0.450. The molecule has 5 heteroatoms. The minimum Gasteiger partial charge on any atom is -0.468 e. The maximum Gasteiger partial charge on any atom is 0.222 e. The van der Waals surface area contributed by atoms with Crippen LogP contribution < -0.4 is 10.2 Å². The Hall–Kier alpha value is -2.27. The fourth-order valence-corrected chi connectivity index (χ4v) is 3.22. The van der Waals surface area contributed by atoms with Crippen LogP contribution in [0.5, 0.6) is 0 Å². The van der Waals surface area contributed by atoms with Crippen LogP contribution in [0, 0.1) is 5.92 Å². The van der Waals surface area contributed by atoms with Gasteiger partial charge in [0.05, 0.1) is 12.3 Å². The predicted molar refractivity (Wildman–Crippen MR) is 99.5 cm³/mol. The molecule has 0 radical (unpaired) electrons. The van der Waals surface area contributed by atoms with Gasteiger partial charge < -0.3 is 14.6 Å². The standard InChI is InChI=1S/C20H27N3O2/c1-16(2)20(24)21-15-18(19-9-6-14-25-19)23-12-10-22(11-13-23)17-7-4-3-5-8-17/h3-9,14,16,18H,10-13,15H2,1-2H3,(H,21,24). The van der Waals surface area contributed by atoms with Gasteiger partial charge in [-0.3, -0.25) is 9.69 Å². The largest absolute Gasteiger partial charge is 0.468 e. The summed E-state index contributed by atoms with van der Waals surface area (Å²) in [5.41, 5.74) is 1.27. The summed E-state index contributed by atoms with van der Waals surface area (Å²) in [5, 5.41) is 3.06. The van der Waals surface area contributed by atoms with Gasteiger partial charge in [-0.1, -0.05) is 32.0 Å². The summed E-state index contributed by atoms with van der Waals surface area (Å²) in [4.78, 5) is 16.8. The van der Waals surface area contributed by atoms with Crippen LogP contribution in [0.2, 0.25) is 0 Å². The zero-order chi connectivity index (χ0) is 17.6. The van der Waals surface area contributed by atoms with Crippen LogP contribution in [0.3, 0.4) is 0 Å². The molecule has 0 saturated carbocycles. The van der Waals surface area contributed by atoms with Gasteiger partial charge in [0.15, 0.2) is 0 Å². The summed E-state index contributed by atoms with van der Waals surface area (Å²) in [5.74, 6) is 0.990. The van der Waals surface area contributed by atoms with E-state index in [1.54, 1.807) is 6.26 Å². The van der Waals surface area contributed by atoms with E-state index in [4.69, 9.17) is 4.42 Å². The number of benzene rings is 1. The van der Waals surface area contributed by atoms with Gasteiger partial charge in [-0.2, -0.15) is 0 Å². The van der Waals surface area contributed by atoms with E-state index in [1.807, 2.05) is 32.0 Å². The first kappa shape index (κ1) is 17.5. The number of piperazine rings is 1. The zero-order valence-electron chi connectivity index (χ0n) is 15.0. The smallest absolute Gasteiger partial charge is 0.222 e. The fourth-order valence-electron chi connectivity index (χ4n) is 3.22. The number of carbonyl (C=O) groups excluding carboxylic acids is 1. The zero-order valence-corrected chi connectivity index (χ0v) is 15.0. The Kier molecular flexibility index (Phi) is 5.76. The molecule has 0 spiro atoms. The number of hydrogen-bond acceptors (Lipinski definition) is 4. The first-order valence-corrected chi connectivity index (χ1v) is 9.00. The van der Waals surface area contributed by atoms with Crippen molar-refractivity contribution in [1.82, 2.24) is 10.2 Å². The number of rotatable bonds is 6. The van der Waals surface area contributed by atoms with Gasteiger partial charge in [0, 0.05) is 44.3 Å². The molecule has 1 amide bonds. The molecule has 0 bridgehead atoms. The van der Waals surface area contributed by atoms with E-state index in [1.165, 1.54) is 5.69 Å². The molecule has 2 heterocycles. The highest BCUT2D eigenvalue weighted by molar-refractivity contribution is 5.77. The highest BCUT2D eigenvalue weighted by Gasteiger charge is 2.27. The lowest BCUT2D eigenvalue weighted by atomic mass is 10.1. The lowest BCUT2D eigenvalue weighted by Crippen LogP contribution is -2.50. The lowest BCUT2D eigenvalue weighted by Gasteiger charge is -2.39. The number of carbonyl (C=O) groups is 1. The Morgan fingerprint density at radius 1 is 1.08 bits per heavy atom. The first-order valence-electron chi connectivity index (χ1n) is 9.00. The van der Waals surface area contributed by atoms with Crippen molar-refractivity contribution in [3.8, 4) is 0 Å². The van der Waals surface area contributed by atoms with Crippen LogP contribution >= 0.6 is 0 Å². The Labute approximate surface area is 149 Å². The molecule has 1 unspecified atom stereocenters. The molecule has 3 rings (SSSR count). The highest BCUT2D eigenvalue weighted by Crippen LogP contribution is 2.24. The van der Waals surface area contributed by atoms with Crippen LogP contribution in [0.25, 0.3) is 0 Å².